The molecule has 0 atom stereocenters. The number of nitrogens with one attached hydrogen (secondary N) is 1. The number of hydrogen-bond acceptors (Lipinski definition) is 2. The highest BCUT2D eigenvalue weighted by Gasteiger charge is 2.01. The Balaban J connectivity index is 2.08. The zero-order valence-electron chi connectivity index (χ0n) is 9.57. The predicted octanol–water partition coefficient (Wildman–Crippen LogP) is 2.73. The standard InChI is InChI=1S/C12H16ClN3/c1-9(2)5-14-6-11-8-16-7-10(13)3-4-12(16)15-11/h3-4,7-9,14H,5-6H2,1-2H3. The molecule has 0 aliphatic rings. The topological polar surface area (TPSA) is 29.3 Å². The van der Waals surface area contributed by atoms with Crippen molar-refractivity contribution in [3.63, 3.8) is 0 Å². The fraction of sp³-hybridized carbons (Fsp3) is 0.417. The first kappa shape index (κ1) is 11.4. The smallest absolute Gasteiger partial charge is 0.137 e. The average Bonchev–Trinajstić information content (AvgIpc) is 2.58. The third-order valence-corrected chi connectivity index (χ3v) is 2.55. The maximum atomic E-state index is 5.91. The molecule has 2 heterocycles. The predicted molar refractivity (Wildman–Crippen MR) is 66.7 cm³/mol. The van der Waals surface area contributed by atoms with Gasteiger partial charge in [-0.1, -0.05) is 25.4 Å². The van der Waals surface area contributed by atoms with Gasteiger partial charge in [-0.15, -0.1) is 0 Å². The molecule has 2 rings (SSSR count). The molecule has 0 aliphatic heterocycles. The fourth-order valence-corrected chi connectivity index (χ4v) is 1.76. The lowest BCUT2D eigenvalue weighted by Gasteiger charge is -2.04. The number of aromatic nitrogens is 2. The minimum atomic E-state index is 0.659. The van der Waals surface area contributed by atoms with Crippen molar-refractivity contribution in [2.75, 3.05) is 6.54 Å². The molecule has 0 radical (unpaired) electrons. The molecule has 0 bridgehead atoms. The van der Waals surface area contributed by atoms with E-state index in [0.29, 0.717) is 5.92 Å². The zero-order chi connectivity index (χ0) is 11.5. The van der Waals surface area contributed by atoms with E-state index >= 15 is 0 Å². The molecule has 2 aromatic rings. The van der Waals surface area contributed by atoms with Gasteiger partial charge in [-0.05, 0) is 24.6 Å². The zero-order valence-corrected chi connectivity index (χ0v) is 10.3. The maximum absolute atomic E-state index is 5.91. The molecule has 1 N–H and O–H groups in total. The molecule has 0 saturated carbocycles. The summed E-state index contributed by atoms with van der Waals surface area (Å²) in [6, 6.07) is 3.78. The van der Waals surface area contributed by atoms with Gasteiger partial charge in [0, 0.05) is 18.9 Å². The summed E-state index contributed by atoms with van der Waals surface area (Å²) in [6.07, 6.45) is 3.88. The minimum absolute atomic E-state index is 0.659. The van der Waals surface area contributed by atoms with E-state index in [-0.39, 0.29) is 0 Å². The van der Waals surface area contributed by atoms with E-state index in [4.69, 9.17) is 11.6 Å². The van der Waals surface area contributed by atoms with E-state index in [1.165, 1.54) is 0 Å². The number of imidazole rings is 1. The molecule has 3 nitrogen and oxygen atoms in total. The van der Waals surface area contributed by atoms with Crippen LogP contribution in [-0.4, -0.2) is 15.9 Å². The van der Waals surface area contributed by atoms with Gasteiger partial charge in [-0.2, -0.15) is 0 Å². The van der Waals surface area contributed by atoms with Gasteiger partial charge in [0.1, 0.15) is 5.65 Å². The van der Waals surface area contributed by atoms with Crippen molar-refractivity contribution >= 4 is 17.2 Å². The molecule has 0 aliphatic carbocycles. The normalized spacial score (nSPS) is 11.5. The fourth-order valence-electron chi connectivity index (χ4n) is 1.59. The minimum Gasteiger partial charge on any atom is -0.311 e. The van der Waals surface area contributed by atoms with Gasteiger partial charge in [0.05, 0.1) is 10.7 Å². The Labute approximate surface area is 100 Å². The largest absolute Gasteiger partial charge is 0.311 e. The van der Waals surface area contributed by atoms with Gasteiger partial charge in [0.15, 0.2) is 0 Å². The molecule has 4 heteroatoms. The third-order valence-electron chi connectivity index (χ3n) is 2.32. The summed E-state index contributed by atoms with van der Waals surface area (Å²) in [4.78, 5) is 4.49. The van der Waals surface area contributed by atoms with E-state index in [1.807, 2.05) is 28.9 Å². The molecule has 0 saturated heterocycles. The highest BCUT2D eigenvalue weighted by molar-refractivity contribution is 6.30. The summed E-state index contributed by atoms with van der Waals surface area (Å²) in [5.41, 5.74) is 1.98. The van der Waals surface area contributed by atoms with Crippen LogP contribution in [0.2, 0.25) is 5.02 Å². The average molecular weight is 238 g/mol. The van der Waals surface area contributed by atoms with Crippen molar-refractivity contribution in [3.8, 4) is 0 Å². The number of hydrogen-bond donors (Lipinski definition) is 1. The second-order valence-corrected chi connectivity index (χ2v) is 4.81. The number of nitrogens with zero attached hydrogens (tertiary/aromatic N) is 2. The quantitative estimate of drug-likeness (QED) is 0.886. The van der Waals surface area contributed by atoms with Crippen molar-refractivity contribution in [3.05, 3.63) is 35.2 Å². The van der Waals surface area contributed by atoms with E-state index in [9.17, 15) is 0 Å². The first-order chi connectivity index (χ1) is 7.65. The van der Waals surface area contributed by atoms with Gasteiger partial charge in [-0.25, -0.2) is 4.98 Å². The van der Waals surface area contributed by atoms with E-state index in [1.54, 1.807) is 0 Å². The summed E-state index contributed by atoms with van der Waals surface area (Å²) in [7, 11) is 0. The van der Waals surface area contributed by atoms with E-state index in [2.05, 4.69) is 24.1 Å². The lowest BCUT2D eigenvalue weighted by molar-refractivity contribution is 0.549. The summed E-state index contributed by atoms with van der Waals surface area (Å²) < 4.78 is 1.95. The highest BCUT2D eigenvalue weighted by Crippen LogP contribution is 2.11. The third kappa shape index (κ3) is 2.74. The second-order valence-electron chi connectivity index (χ2n) is 4.37. The van der Waals surface area contributed by atoms with Crippen molar-refractivity contribution in [1.82, 2.24) is 14.7 Å². The Hall–Kier alpha value is -1.06. The number of pyridine rings is 1. The van der Waals surface area contributed by atoms with Crippen LogP contribution >= 0.6 is 11.6 Å². The Morgan fingerprint density at radius 2 is 2.19 bits per heavy atom. The van der Waals surface area contributed by atoms with Crippen molar-refractivity contribution < 1.29 is 0 Å². The summed E-state index contributed by atoms with van der Waals surface area (Å²) in [5.74, 6) is 0.659. The number of halogens is 1. The molecule has 0 amide bonds. The van der Waals surface area contributed by atoms with Crippen LogP contribution in [-0.2, 0) is 6.54 Å². The van der Waals surface area contributed by atoms with Crippen LogP contribution in [0.15, 0.2) is 24.5 Å². The van der Waals surface area contributed by atoms with Gasteiger partial charge < -0.3 is 9.72 Å². The Kier molecular flexibility index (Phi) is 3.46. The Morgan fingerprint density at radius 1 is 1.38 bits per heavy atom. The second kappa shape index (κ2) is 4.85. The van der Waals surface area contributed by atoms with Crippen LogP contribution in [0.25, 0.3) is 5.65 Å². The lowest BCUT2D eigenvalue weighted by Crippen LogP contribution is -2.19. The highest BCUT2D eigenvalue weighted by atomic mass is 35.5. The number of rotatable bonds is 4. The molecule has 0 unspecified atom stereocenters. The van der Waals surface area contributed by atoms with Crippen LogP contribution < -0.4 is 5.32 Å². The Bertz CT molecular complexity index is 476. The number of fused-ring (bicyclic) bond motifs is 1. The molecule has 0 fully saturated rings. The summed E-state index contributed by atoms with van der Waals surface area (Å²) >= 11 is 5.91. The first-order valence-electron chi connectivity index (χ1n) is 5.49. The van der Waals surface area contributed by atoms with Gasteiger partial charge in [0.2, 0.25) is 0 Å². The molecule has 0 spiro atoms. The molecule has 0 aromatic carbocycles. The van der Waals surface area contributed by atoms with Crippen LogP contribution in [0.1, 0.15) is 19.5 Å². The first-order valence-corrected chi connectivity index (χ1v) is 5.87. The summed E-state index contributed by atoms with van der Waals surface area (Å²) in [5, 5.41) is 4.10. The molecular weight excluding hydrogens is 222 g/mol. The molecular formula is C12H16ClN3. The Morgan fingerprint density at radius 3 is 2.94 bits per heavy atom. The van der Waals surface area contributed by atoms with E-state index < -0.39 is 0 Å². The lowest BCUT2D eigenvalue weighted by atomic mass is 10.2. The van der Waals surface area contributed by atoms with Gasteiger partial charge in [0.25, 0.3) is 0 Å². The SMILES string of the molecule is CC(C)CNCc1cn2cc(Cl)ccc2n1. The van der Waals surface area contributed by atoms with Gasteiger partial charge in [-0.3, -0.25) is 0 Å². The maximum Gasteiger partial charge on any atom is 0.137 e. The van der Waals surface area contributed by atoms with Crippen LogP contribution in [0.3, 0.4) is 0 Å². The van der Waals surface area contributed by atoms with Crippen LogP contribution in [0.4, 0.5) is 0 Å². The monoisotopic (exact) mass is 237 g/mol. The van der Waals surface area contributed by atoms with Crippen molar-refractivity contribution in [2.24, 2.45) is 5.92 Å². The van der Waals surface area contributed by atoms with Crippen LogP contribution in [0, 0.1) is 5.92 Å². The molecule has 16 heavy (non-hydrogen) atoms. The van der Waals surface area contributed by atoms with Gasteiger partial charge >= 0.3 is 0 Å². The van der Waals surface area contributed by atoms with E-state index in [0.717, 1.165) is 29.5 Å². The van der Waals surface area contributed by atoms with Crippen molar-refractivity contribution in [2.45, 2.75) is 20.4 Å². The van der Waals surface area contributed by atoms with Crippen molar-refractivity contribution in [1.29, 1.82) is 0 Å². The van der Waals surface area contributed by atoms with Crippen LogP contribution in [0.5, 0.6) is 0 Å². The molecule has 86 valence electrons. The summed E-state index contributed by atoms with van der Waals surface area (Å²) in [6.45, 7) is 6.19. The molecule has 2 aromatic heterocycles.